The molecular weight excluding hydrogens is 152 g/mol. The van der Waals surface area contributed by atoms with Gasteiger partial charge >= 0.3 is 0 Å². The minimum atomic E-state index is -0.213. The highest BCUT2D eigenvalue weighted by Gasteiger charge is 1.93. The fourth-order valence-electron chi connectivity index (χ4n) is 0.851. The molecule has 0 bridgehead atoms. The SMILES string of the molecule is C=C(C)CNCCCCC(N)=O. The molecule has 0 saturated carbocycles. The van der Waals surface area contributed by atoms with Gasteiger partial charge < -0.3 is 11.1 Å². The molecular formula is C9H18N2O. The highest BCUT2D eigenvalue weighted by molar-refractivity contribution is 5.73. The average Bonchev–Trinajstić information content (AvgIpc) is 1.95. The number of nitrogens with one attached hydrogen (secondary N) is 1. The molecule has 3 heteroatoms. The van der Waals surface area contributed by atoms with E-state index in [0.29, 0.717) is 6.42 Å². The van der Waals surface area contributed by atoms with E-state index in [0.717, 1.165) is 31.5 Å². The number of primary amides is 1. The molecule has 0 saturated heterocycles. The largest absolute Gasteiger partial charge is 0.370 e. The molecule has 0 aliphatic rings. The molecule has 0 aromatic carbocycles. The van der Waals surface area contributed by atoms with Crippen molar-refractivity contribution >= 4 is 5.91 Å². The number of carbonyl (C=O) groups is 1. The molecule has 0 spiro atoms. The molecule has 1 amide bonds. The summed E-state index contributed by atoms with van der Waals surface area (Å²) >= 11 is 0. The molecule has 0 aliphatic carbocycles. The maximum atomic E-state index is 10.3. The Morgan fingerprint density at radius 3 is 2.67 bits per heavy atom. The molecule has 0 aromatic rings. The van der Waals surface area contributed by atoms with Crippen molar-refractivity contribution in [2.24, 2.45) is 5.73 Å². The molecule has 0 rings (SSSR count). The fraction of sp³-hybridized carbons (Fsp3) is 0.667. The van der Waals surface area contributed by atoms with Gasteiger partial charge in [-0.3, -0.25) is 4.79 Å². The van der Waals surface area contributed by atoms with Crippen molar-refractivity contribution in [1.29, 1.82) is 0 Å². The van der Waals surface area contributed by atoms with Crippen LogP contribution in [0.2, 0.25) is 0 Å². The van der Waals surface area contributed by atoms with Crippen LogP contribution in [-0.2, 0) is 4.79 Å². The molecule has 0 unspecified atom stereocenters. The van der Waals surface area contributed by atoms with E-state index in [9.17, 15) is 4.79 Å². The van der Waals surface area contributed by atoms with Crippen LogP contribution in [0.15, 0.2) is 12.2 Å². The molecule has 12 heavy (non-hydrogen) atoms. The van der Waals surface area contributed by atoms with E-state index in [1.165, 1.54) is 0 Å². The van der Waals surface area contributed by atoms with Crippen molar-refractivity contribution in [2.75, 3.05) is 13.1 Å². The van der Waals surface area contributed by atoms with Gasteiger partial charge in [0.15, 0.2) is 0 Å². The van der Waals surface area contributed by atoms with Crippen molar-refractivity contribution in [3.63, 3.8) is 0 Å². The first-order chi connectivity index (χ1) is 5.63. The monoisotopic (exact) mass is 170 g/mol. The highest BCUT2D eigenvalue weighted by Crippen LogP contribution is 1.92. The molecule has 0 fully saturated rings. The number of carbonyl (C=O) groups excluding carboxylic acids is 1. The second kappa shape index (κ2) is 6.85. The molecule has 0 aliphatic heterocycles. The van der Waals surface area contributed by atoms with Crippen LogP contribution in [0.5, 0.6) is 0 Å². The first kappa shape index (κ1) is 11.2. The van der Waals surface area contributed by atoms with E-state index < -0.39 is 0 Å². The third kappa shape index (κ3) is 9.17. The number of hydrogen-bond donors (Lipinski definition) is 2. The second-order valence-electron chi connectivity index (χ2n) is 3.06. The summed E-state index contributed by atoms with van der Waals surface area (Å²) in [5, 5.41) is 3.21. The lowest BCUT2D eigenvalue weighted by atomic mass is 10.2. The summed E-state index contributed by atoms with van der Waals surface area (Å²) in [6.45, 7) is 7.54. The van der Waals surface area contributed by atoms with Crippen molar-refractivity contribution in [3.05, 3.63) is 12.2 Å². The first-order valence-corrected chi connectivity index (χ1v) is 4.26. The lowest BCUT2D eigenvalue weighted by molar-refractivity contribution is -0.118. The van der Waals surface area contributed by atoms with Gasteiger partial charge in [0.2, 0.25) is 5.91 Å². The summed E-state index contributed by atoms with van der Waals surface area (Å²) in [6.07, 6.45) is 2.36. The van der Waals surface area contributed by atoms with E-state index in [-0.39, 0.29) is 5.91 Å². The van der Waals surface area contributed by atoms with Gasteiger partial charge in [0.25, 0.3) is 0 Å². The first-order valence-electron chi connectivity index (χ1n) is 4.26. The van der Waals surface area contributed by atoms with Crippen molar-refractivity contribution in [1.82, 2.24) is 5.32 Å². The van der Waals surface area contributed by atoms with Crippen molar-refractivity contribution in [3.8, 4) is 0 Å². The Hall–Kier alpha value is -0.830. The predicted molar refractivity (Wildman–Crippen MR) is 50.7 cm³/mol. The Labute approximate surface area is 74.0 Å². The van der Waals surface area contributed by atoms with E-state index in [1.807, 2.05) is 6.92 Å². The third-order valence-electron chi connectivity index (χ3n) is 1.45. The summed E-state index contributed by atoms with van der Waals surface area (Å²) < 4.78 is 0. The normalized spacial score (nSPS) is 9.75. The van der Waals surface area contributed by atoms with E-state index >= 15 is 0 Å². The van der Waals surface area contributed by atoms with Gasteiger partial charge in [-0.15, -0.1) is 0 Å². The van der Waals surface area contributed by atoms with Crippen molar-refractivity contribution < 1.29 is 4.79 Å². The Morgan fingerprint density at radius 1 is 1.50 bits per heavy atom. The van der Waals surface area contributed by atoms with Crippen LogP contribution in [0.3, 0.4) is 0 Å². The van der Waals surface area contributed by atoms with E-state index in [2.05, 4.69) is 11.9 Å². The van der Waals surface area contributed by atoms with Crippen LogP contribution in [0, 0.1) is 0 Å². The van der Waals surface area contributed by atoms with Crippen LogP contribution in [0.25, 0.3) is 0 Å². The molecule has 70 valence electrons. The minimum Gasteiger partial charge on any atom is -0.370 e. The topological polar surface area (TPSA) is 55.1 Å². The maximum Gasteiger partial charge on any atom is 0.217 e. The van der Waals surface area contributed by atoms with Gasteiger partial charge in [-0.25, -0.2) is 0 Å². The Morgan fingerprint density at radius 2 is 2.17 bits per heavy atom. The Bertz CT molecular complexity index is 137. The highest BCUT2D eigenvalue weighted by atomic mass is 16.1. The Balaban J connectivity index is 3.01. The second-order valence-corrected chi connectivity index (χ2v) is 3.06. The molecule has 0 atom stereocenters. The van der Waals surface area contributed by atoms with Gasteiger partial charge in [0.1, 0.15) is 0 Å². The lowest BCUT2D eigenvalue weighted by Gasteiger charge is -2.02. The zero-order valence-corrected chi connectivity index (χ0v) is 7.73. The van der Waals surface area contributed by atoms with Crippen molar-refractivity contribution in [2.45, 2.75) is 26.2 Å². The summed E-state index contributed by atoms with van der Waals surface area (Å²) in [7, 11) is 0. The molecule has 0 aromatic heterocycles. The number of rotatable bonds is 7. The van der Waals surface area contributed by atoms with Gasteiger partial charge in [-0.1, -0.05) is 12.2 Å². The van der Waals surface area contributed by atoms with Crippen LogP contribution in [0.4, 0.5) is 0 Å². The van der Waals surface area contributed by atoms with Gasteiger partial charge in [0, 0.05) is 13.0 Å². The maximum absolute atomic E-state index is 10.3. The van der Waals surface area contributed by atoms with Crippen LogP contribution in [0.1, 0.15) is 26.2 Å². The number of unbranched alkanes of at least 4 members (excludes halogenated alkanes) is 1. The molecule has 0 heterocycles. The van der Waals surface area contributed by atoms with Gasteiger partial charge in [-0.05, 0) is 26.3 Å². The number of amides is 1. The zero-order valence-electron chi connectivity index (χ0n) is 7.73. The van der Waals surface area contributed by atoms with Gasteiger partial charge in [0.05, 0.1) is 0 Å². The quantitative estimate of drug-likeness (QED) is 0.439. The molecule has 0 radical (unpaired) electrons. The number of nitrogens with two attached hydrogens (primary N) is 1. The lowest BCUT2D eigenvalue weighted by Crippen LogP contribution is -2.18. The summed E-state index contributed by atoms with van der Waals surface area (Å²) in [5.41, 5.74) is 6.11. The smallest absolute Gasteiger partial charge is 0.217 e. The fourth-order valence-corrected chi connectivity index (χ4v) is 0.851. The standard InChI is InChI=1S/C9H18N2O/c1-8(2)7-11-6-4-3-5-9(10)12/h11H,1,3-7H2,2H3,(H2,10,12). The summed E-state index contributed by atoms with van der Waals surface area (Å²) in [4.78, 5) is 10.3. The third-order valence-corrected chi connectivity index (χ3v) is 1.45. The molecule has 3 nitrogen and oxygen atoms in total. The van der Waals surface area contributed by atoms with Crippen LogP contribution < -0.4 is 11.1 Å². The van der Waals surface area contributed by atoms with Gasteiger partial charge in [-0.2, -0.15) is 0 Å². The number of hydrogen-bond acceptors (Lipinski definition) is 2. The molecule has 3 N–H and O–H groups in total. The zero-order chi connectivity index (χ0) is 9.40. The van der Waals surface area contributed by atoms with E-state index in [4.69, 9.17) is 5.73 Å². The average molecular weight is 170 g/mol. The van der Waals surface area contributed by atoms with E-state index in [1.54, 1.807) is 0 Å². The van der Waals surface area contributed by atoms with Crippen LogP contribution in [-0.4, -0.2) is 19.0 Å². The van der Waals surface area contributed by atoms with Crippen LogP contribution >= 0.6 is 0 Å². The summed E-state index contributed by atoms with van der Waals surface area (Å²) in [6, 6.07) is 0. The Kier molecular flexibility index (Phi) is 6.38. The summed E-state index contributed by atoms with van der Waals surface area (Å²) in [5.74, 6) is -0.213. The minimum absolute atomic E-state index is 0.213. The predicted octanol–water partition coefficient (Wildman–Crippen LogP) is 0.808.